The van der Waals surface area contributed by atoms with Crippen molar-refractivity contribution in [2.45, 2.75) is 6.61 Å². The molecule has 0 unspecified atom stereocenters. The van der Waals surface area contributed by atoms with Crippen molar-refractivity contribution in [2.24, 2.45) is 0 Å². The number of carboxylic acids is 1. The van der Waals surface area contributed by atoms with Crippen molar-refractivity contribution in [3.05, 3.63) is 59.7 Å². The van der Waals surface area contributed by atoms with Gasteiger partial charge in [-0.1, -0.05) is 12.1 Å². The monoisotopic (exact) mass is 247 g/mol. The molecule has 2 aromatic rings. The van der Waals surface area contributed by atoms with Crippen molar-refractivity contribution in [2.75, 3.05) is 0 Å². The van der Waals surface area contributed by atoms with E-state index in [-0.39, 0.29) is 17.9 Å². The van der Waals surface area contributed by atoms with E-state index >= 15 is 0 Å². The number of halogens is 1. The van der Waals surface area contributed by atoms with Crippen molar-refractivity contribution in [3.8, 4) is 5.75 Å². The summed E-state index contributed by atoms with van der Waals surface area (Å²) in [5, 5.41) is 8.93. The summed E-state index contributed by atoms with van der Waals surface area (Å²) in [5.41, 5.74) is 0.392. The quantitative estimate of drug-likeness (QED) is 0.901. The topological polar surface area (TPSA) is 59.4 Å². The Balaban J connectivity index is 2.21. The highest BCUT2D eigenvalue weighted by Gasteiger charge is 2.15. The maximum atomic E-state index is 13.5. The Labute approximate surface area is 103 Å². The average Bonchev–Trinajstić information content (AvgIpc) is 2.38. The number of rotatable bonds is 4. The second-order valence-corrected chi connectivity index (χ2v) is 3.53. The van der Waals surface area contributed by atoms with E-state index in [1.807, 2.05) is 0 Å². The van der Waals surface area contributed by atoms with Crippen molar-refractivity contribution in [3.63, 3.8) is 0 Å². The van der Waals surface area contributed by atoms with Gasteiger partial charge in [0.2, 0.25) is 0 Å². The van der Waals surface area contributed by atoms with Gasteiger partial charge in [0, 0.05) is 6.20 Å². The summed E-state index contributed by atoms with van der Waals surface area (Å²) in [6.07, 6.45) is 1.58. The molecule has 0 saturated heterocycles. The number of aromatic carboxylic acids is 1. The third-order valence-corrected chi connectivity index (χ3v) is 2.29. The van der Waals surface area contributed by atoms with Crippen LogP contribution in [0.4, 0.5) is 4.39 Å². The first-order valence-corrected chi connectivity index (χ1v) is 5.23. The summed E-state index contributed by atoms with van der Waals surface area (Å²) in [6, 6.07) is 8.99. The molecule has 0 aliphatic carbocycles. The SMILES string of the molecule is O=C(O)c1cccc(F)c1OCc1ccccn1. The molecule has 4 nitrogen and oxygen atoms in total. The van der Waals surface area contributed by atoms with Crippen LogP contribution in [0.15, 0.2) is 42.6 Å². The molecule has 0 aliphatic heterocycles. The smallest absolute Gasteiger partial charge is 0.339 e. The van der Waals surface area contributed by atoms with Crippen molar-refractivity contribution in [1.82, 2.24) is 4.98 Å². The van der Waals surface area contributed by atoms with Gasteiger partial charge in [-0.3, -0.25) is 4.98 Å². The molecule has 0 fully saturated rings. The fourth-order valence-electron chi connectivity index (χ4n) is 1.45. The van der Waals surface area contributed by atoms with E-state index in [1.165, 1.54) is 12.1 Å². The molecule has 1 aromatic heterocycles. The summed E-state index contributed by atoms with van der Waals surface area (Å²) in [6.45, 7) is 0.0159. The van der Waals surface area contributed by atoms with Crippen LogP contribution in [0, 0.1) is 5.82 Å². The second-order valence-electron chi connectivity index (χ2n) is 3.53. The van der Waals surface area contributed by atoms with Crippen LogP contribution in [0.2, 0.25) is 0 Å². The second kappa shape index (κ2) is 5.27. The number of ether oxygens (including phenoxy) is 1. The lowest BCUT2D eigenvalue weighted by molar-refractivity contribution is 0.0690. The first-order valence-electron chi connectivity index (χ1n) is 5.23. The third kappa shape index (κ3) is 2.63. The lowest BCUT2D eigenvalue weighted by atomic mass is 10.2. The number of hydrogen-bond acceptors (Lipinski definition) is 3. The fraction of sp³-hybridized carbons (Fsp3) is 0.0769. The highest BCUT2D eigenvalue weighted by molar-refractivity contribution is 5.90. The summed E-state index contributed by atoms with van der Waals surface area (Å²) in [5.74, 6) is -2.20. The highest BCUT2D eigenvalue weighted by Crippen LogP contribution is 2.23. The molecule has 0 aliphatic rings. The number of benzene rings is 1. The van der Waals surface area contributed by atoms with Gasteiger partial charge in [0.15, 0.2) is 11.6 Å². The molecule has 0 saturated carbocycles. The van der Waals surface area contributed by atoms with Crippen LogP contribution in [0.3, 0.4) is 0 Å². The molecule has 0 spiro atoms. The Hall–Kier alpha value is -2.43. The molecule has 2 rings (SSSR count). The zero-order valence-electron chi connectivity index (χ0n) is 9.34. The van der Waals surface area contributed by atoms with Gasteiger partial charge in [-0.05, 0) is 24.3 Å². The molecule has 18 heavy (non-hydrogen) atoms. The van der Waals surface area contributed by atoms with Crippen LogP contribution in [0.1, 0.15) is 16.1 Å². The number of para-hydroxylation sites is 1. The molecule has 1 heterocycles. The van der Waals surface area contributed by atoms with E-state index in [4.69, 9.17) is 9.84 Å². The Morgan fingerprint density at radius 2 is 2.11 bits per heavy atom. The summed E-state index contributed by atoms with van der Waals surface area (Å²) < 4.78 is 18.7. The van der Waals surface area contributed by atoms with Gasteiger partial charge in [-0.2, -0.15) is 0 Å². The van der Waals surface area contributed by atoms with Gasteiger partial charge >= 0.3 is 5.97 Å². The minimum atomic E-state index is -1.23. The van der Waals surface area contributed by atoms with Crippen molar-refractivity contribution >= 4 is 5.97 Å². The van der Waals surface area contributed by atoms with E-state index in [0.717, 1.165) is 6.07 Å². The minimum Gasteiger partial charge on any atom is -0.483 e. The first kappa shape index (κ1) is 12.0. The highest BCUT2D eigenvalue weighted by atomic mass is 19.1. The predicted octanol–water partition coefficient (Wildman–Crippen LogP) is 2.50. The number of pyridine rings is 1. The normalized spacial score (nSPS) is 10.1. The Morgan fingerprint density at radius 1 is 1.28 bits per heavy atom. The van der Waals surface area contributed by atoms with Crippen LogP contribution < -0.4 is 4.74 Å². The first-order chi connectivity index (χ1) is 8.68. The van der Waals surface area contributed by atoms with E-state index in [1.54, 1.807) is 24.4 Å². The largest absolute Gasteiger partial charge is 0.483 e. The number of carbonyl (C=O) groups is 1. The molecule has 0 atom stereocenters. The predicted molar refractivity (Wildman–Crippen MR) is 61.9 cm³/mol. The number of aromatic nitrogens is 1. The number of hydrogen-bond donors (Lipinski definition) is 1. The molecule has 0 bridgehead atoms. The number of nitrogens with zero attached hydrogens (tertiary/aromatic N) is 1. The van der Waals surface area contributed by atoms with Gasteiger partial charge in [0.25, 0.3) is 0 Å². The van der Waals surface area contributed by atoms with Gasteiger partial charge < -0.3 is 9.84 Å². The maximum absolute atomic E-state index is 13.5. The van der Waals surface area contributed by atoms with E-state index in [2.05, 4.69) is 4.98 Å². The van der Waals surface area contributed by atoms with Crippen LogP contribution in [-0.2, 0) is 6.61 Å². The molecule has 0 radical (unpaired) electrons. The molecule has 0 amide bonds. The molecule has 1 N–H and O–H groups in total. The summed E-state index contributed by atoms with van der Waals surface area (Å²) in [4.78, 5) is 14.9. The maximum Gasteiger partial charge on any atom is 0.339 e. The molecule has 1 aromatic carbocycles. The average molecular weight is 247 g/mol. The van der Waals surface area contributed by atoms with E-state index < -0.39 is 11.8 Å². The standard InChI is InChI=1S/C13H10FNO3/c14-11-6-3-5-10(13(16)17)12(11)18-8-9-4-1-2-7-15-9/h1-7H,8H2,(H,16,17). The zero-order valence-corrected chi connectivity index (χ0v) is 9.34. The summed E-state index contributed by atoms with van der Waals surface area (Å²) >= 11 is 0. The summed E-state index contributed by atoms with van der Waals surface area (Å²) in [7, 11) is 0. The fourth-order valence-corrected chi connectivity index (χ4v) is 1.45. The van der Waals surface area contributed by atoms with Crippen molar-refractivity contribution < 1.29 is 19.0 Å². The lowest BCUT2D eigenvalue weighted by Gasteiger charge is -2.09. The van der Waals surface area contributed by atoms with Crippen molar-refractivity contribution in [1.29, 1.82) is 0 Å². The Kier molecular flexibility index (Phi) is 3.52. The zero-order chi connectivity index (χ0) is 13.0. The minimum absolute atomic E-state index is 0.0159. The van der Waals surface area contributed by atoms with Crippen LogP contribution in [0.5, 0.6) is 5.75 Å². The molecular weight excluding hydrogens is 237 g/mol. The van der Waals surface area contributed by atoms with Gasteiger partial charge in [0.05, 0.1) is 5.69 Å². The van der Waals surface area contributed by atoms with Crippen LogP contribution >= 0.6 is 0 Å². The Morgan fingerprint density at radius 3 is 2.78 bits per heavy atom. The molecule has 5 heteroatoms. The van der Waals surface area contributed by atoms with Gasteiger partial charge in [-0.15, -0.1) is 0 Å². The van der Waals surface area contributed by atoms with Crippen LogP contribution in [-0.4, -0.2) is 16.1 Å². The van der Waals surface area contributed by atoms with Crippen LogP contribution in [0.25, 0.3) is 0 Å². The third-order valence-electron chi connectivity index (χ3n) is 2.29. The van der Waals surface area contributed by atoms with Gasteiger partial charge in [-0.25, -0.2) is 9.18 Å². The van der Waals surface area contributed by atoms with E-state index in [0.29, 0.717) is 5.69 Å². The van der Waals surface area contributed by atoms with E-state index in [9.17, 15) is 9.18 Å². The van der Waals surface area contributed by atoms with Gasteiger partial charge in [0.1, 0.15) is 12.2 Å². The molecule has 92 valence electrons. The Bertz CT molecular complexity index is 557. The number of carboxylic acid groups (broad SMARTS) is 1. The lowest BCUT2D eigenvalue weighted by Crippen LogP contribution is -2.06. The molecular formula is C13H10FNO3.